The smallest absolute Gasteiger partial charge is 0.343 e. The highest BCUT2D eigenvalue weighted by molar-refractivity contribution is 5.92. The van der Waals surface area contributed by atoms with Crippen LogP contribution in [0.25, 0.3) is 0 Å². The molecule has 0 saturated heterocycles. The monoisotopic (exact) mass is 448 g/mol. The highest BCUT2D eigenvalue weighted by Gasteiger charge is 2.13. The van der Waals surface area contributed by atoms with Gasteiger partial charge in [-0.05, 0) is 41.5 Å². The molecule has 0 aliphatic rings. The molecule has 0 aliphatic carbocycles. The predicted molar refractivity (Wildman–Crippen MR) is 117 cm³/mol. The molecule has 0 aliphatic heterocycles. The zero-order valence-electron chi connectivity index (χ0n) is 16.9. The topological polar surface area (TPSA) is 154 Å². The van der Waals surface area contributed by atoms with Crippen LogP contribution >= 0.6 is 0 Å². The van der Waals surface area contributed by atoms with Gasteiger partial charge in [-0.2, -0.15) is 5.10 Å². The van der Waals surface area contributed by atoms with Crippen molar-refractivity contribution in [3.63, 3.8) is 0 Å². The third kappa shape index (κ3) is 6.52. The van der Waals surface area contributed by atoms with Crippen molar-refractivity contribution in [3.05, 3.63) is 110 Å². The summed E-state index contributed by atoms with van der Waals surface area (Å²) in [4.78, 5) is 44.5. The van der Waals surface area contributed by atoms with E-state index in [-0.39, 0.29) is 29.1 Å². The maximum atomic E-state index is 12.2. The number of non-ortho nitro benzene ring substituents is 2. The molecular formula is C22H16N4O7. The molecule has 0 heterocycles. The van der Waals surface area contributed by atoms with Crippen molar-refractivity contribution in [3.8, 4) is 5.75 Å². The van der Waals surface area contributed by atoms with Gasteiger partial charge in [0.25, 0.3) is 11.4 Å². The first kappa shape index (κ1) is 22.7. The number of carbonyl (C=O) groups is 2. The first-order chi connectivity index (χ1) is 15.8. The van der Waals surface area contributed by atoms with Crippen LogP contribution in [0, 0.1) is 20.2 Å². The largest absolute Gasteiger partial charge is 0.423 e. The summed E-state index contributed by atoms with van der Waals surface area (Å²) in [5.41, 5.74) is 3.34. The van der Waals surface area contributed by atoms with Gasteiger partial charge >= 0.3 is 5.97 Å². The number of nitro groups is 2. The Labute approximate surface area is 186 Å². The highest BCUT2D eigenvalue weighted by Crippen LogP contribution is 2.17. The van der Waals surface area contributed by atoms with E-state index in [0.29, 0.717) is 11.1 Å². The standard InChI is InChI=1S/C22H16N4O7/c27-21(12-15-4-8-18(9-5-15)25(29)30)24-23-14-16-6-10-20(11-7-16)33-22(28)17-2-1-3-19(13-17)26(31)32/h1-11,13-14H,12H2,(H,24,27)/b23-14-. The van der Waals surface area contributed by atoms with Gasteiger partial charge in [-0.15, -0.1) is 0 Å². The number of nitrogens with one attached hydrogen (secondary N) is 1. The number of hydrogen-bond acceptors (Lipinski definition) is 8. The van der Waals surface area contributed by atoms with Crippen LogP contribution in [0.1, 0.15) is 21.5 Å². The Kier molecular flexibility index (Phi) is 7.17. The first-order valence-corrected chi connectivity index (χ1v) is 9.44. The summed E-state index contributed by atoms with van der Waals surface area (Å²) < 4.78 is 5.20. The van der Waals surface area contributed by atoms with Crippen molar-refractivity contribution in [1.82, 2.24) is 5.43 Å². The Bertz CT molecular complexity index is 1220. The molecule has 11 nitrogen and oxygen atoms in total. The summed E-state index contributed by atoms with van der Waals surface area (Å²) >= 11 is 0. The van der Waals surface area contributed by atoms with Gasteiger partial charge in [0.15, 0.2) is 0 Å². The Morgan fingerprint density at radius 3 is 2.21 bits per heavy atom. The quantitative estimate of drug-likeness (QED) is 0.182. The van der Waals surface area contributed by atoms with Crippen LogP contribution in [0.2, 0.25) is 0 Å². The minimum absolute atomic E-state index is 0.00186. The number of hydrogen-bond donors (Lipinski definition) is 1. The second-order valence-electron chi connectivity index (χ2n) is 6.66. The van der Waals surface area contributed by atoms with Gasteiger partial charge < -0.3 is 4.74 Å². The Morgan fingerprint density at radius 2 is 1.58 bits per heavy atom. The van der Waals surface area contributed by atoms with E-state index in [1.165, 1.54) is 60.8 Å². The lowest BCUT2D eigenvalue weighted by molar-refractivity contribution is -0.385. The fourth-order valence-corrected chi connectivity index (χ4v) is 2.67. The number of rotatable bonds is 8. The number of carbonyl (C=O) groups excluding carboxylic acids is 2. The van der Waals surface area contributed by atoms with Crippen LogP contribution < -0.4 is 10.2 Å². The lowest BCUT2D eigenvalue weighted by Gasteiger charge is -2.04. The summed E-state index contributed by atoms with van der Waals surface area (Å²) in [6, 6.07) is 17.1. The SMILES string of the molecule is O=C(Cc1ccc([N+](=O)[O-])cc1)N/N=C\c1ccc(OC(=O)c2cccc([N+](=O)[O-])c2)cc1. The van der Waals surface area contributed by atoms with Crippen molar-refractivity contribution in [2.45, 2.75) is 6.42 Å². The average molecular weight is 448 g/mol. The van der Waals surface area contributed by atoms with E-state index in [2.05, 4.69) is 10.5 Å². The van der Waals surface area contributed by atoms with Gasteiger partial charge in [0.1, 0.15) is 5.75 Å². The van der Waals surface area contributed by atoms with Crippen LogP contribution in [-0.4, -0.2) is 27.9 Å². The van der Waals surface area contributed by atoms with Crippen LogP contribution in [0.4, 0.5) is 11.4 Å². The second-order valence-corrected chi connectivity index (χ2v) is 6.66. The zero-order valence-corrected chi connectivity index (χ0v) is 16.9. The highest BCUT2D eigenvalue weighted by atomic mass is 16.6. The van der Waals surface area contributed by atoms with Crippen LogP contribution in [0.3, 0.4) is 0 Å². The molecule has 0 radical (unpaired) electrons. The van der Waals surface area contributed by atoms with Gasteiger partial charge in [-0.25, -0.2) is 10.2 Å². The third-order valence-electron chi connectivity index (χ3n) is 4.30. The van der Waals surface area contributed by atoms with Gasteiger partial charge in [0.2, 0.25) is 5.91 Å². The van der Waals surface area contributed by atoms with Crippen molar-refractivity contribution in [2.75, 3.05) is 0 Å². The molecule has 166 valence electrons. The number of amides is 1. The maximum Gasteiger partial charge on any atom is 0.343 e. The van der Waals surface area contributed by atoms with Crippen molar-refractivity contribution in [1.29, 1.82) is 0 Å². The molecule has 1 N–H and O–H groups in total. The Hall–Kier alpha value is -4.93. The fraction of sp³-hybridized carbons (Fsp3) is 0.0455. The maximum absolute atomic E-state index is 12.2. The number of nitro benzene ring substituents is 2. The second kappa shape index (κ2) is 10.4. The van der Waals surface area contributed by atoms with E-state index in [4.69, 9.17) is 4.74 Å². The van der Waals surface area contributed by atoms with Crippen LogP contribution in [0.5, 0.6) is 5.75 Å². The van der Waals surface area contributed by atoms with Crippen LogP contribution in [-0.2, 0) is 11.2 Å². The number of esters is 1. The van der Waals surface area contributed by atoms with E-state index >= 15 is 0 Å². The Morgan fingerprint density at radius 1 is 0.909 bits per heavy atom. The van der Waals surface area contributed by atoms with Gasteiger partial charge in [-0.3, -0.25) is 25.0 Å². The number of nitrogens with zero attached hydrogens (tertiary/aromatic N) is 3. The molecule has 0 spiro atoms. The molecule has 11 heteroatoms. The van der Waals surface area contributed by atoms with E-state index < -0.39 is 21.7 Å². The molecular weight excluding hydrogens is 432 g/mol. The molecule has 3 aromatic rings. The van der Waals surface area contributed by atoms with Crippen molar-refractivity contribution < 1.29 is 24.2 Å². The van der Waals surface area contributed by atoms with Crippen molar-refractivity contribution in [2.24, 2.45) is 5.10 Å². The molecule has 0 fully saturated rings. The summed E-state index contributed by atoms with van der Waals surface area (Å²) in [6.07, 6.45) is 1.39. The van der Waals surface area contributed by atoms with E-state index in [0.717, 1.165) is 6.07 Å². The molecule has 1 amide bonds. The van der Waals surface area contributed by atoms with E-state index in [1.807, 2.05) is 0 Å². The molecule has 0 unspecified atom stereocenters. The summed E-state index contributed by atoms with van der Waals surface area (Å²) in [5.74, 6) is -0.910. The minimum atomic E-state index is -0.737. The summed E-state index contributed by atoms with van der Waals surface area (Å²) in [5, 5.41) is 25.3. The summed E-state index contributed by atoms with van der Waals surface area (Å²) in [6.45, 7) is 0. The van der Waals surface area contributed by atoms with Gasteiger partial charge in [-0.1, -0.05) is 18.2 Å². The average Bonchev–Trinajstić information content (AvgIpc) is 2.80. The van der Waals surface area contributed by atoms with E-state index in [9.17, 15) is 29.8 Å². The van der Waals surface area contributed by atoms with E-state index in [1.54, 1.807) is 12.1 Å². The number of ether oxygens (including phenoxy) is 1. The normalized spacial score (nSPS) is 10.5. The van der Waals surface area contributed by atoms with Crippen molar-refractivity contribution >= 4 is 29.5 Å². The van der Waals surface area contributed by atoms with Gasteiger partial charge in [0.05, 0.1) is 28.0 Å². The molecule has 0 aromatic heterocycles. The van der Waals surface area contributed by atoms with Crippen LogP contribution in [0.15, 0.2) is 77.9 Å². The third-order valence-corrected chi connectivity index (χ3v) is 4.30. The molecule has 3 aromatic carbocycles. The Balaban J connectivity index is 1.52. The predicted octanol–water partition coefficient (Wildman–Crippen LogP) is 3.42. The lowest BCUT2D eigenvalue weighted by Crippen LogP contribution is -2.19. The lowest BCUT2D eigenvalue weighted by atomic mass is 10.1. The minimum Gasteiger partial charge on any atom is -0.423 e. The fourth-order valence-electron chi connectivity index (χ4n) is 2.67. The molecule has 0 saturated carbocycles. The molecule has 0 bridgehead atoms. The zero-order chi connectivity index (χ0) is 23.8. The molecule has 33 heavy (non-hydrogen) atoms. The van der Waals surface area contributed by atoms with Gasteiger partial charge in [0, 0.05) is 24.3 Å². The first-order valence-electron chi connectivity index (χ1n) is 9.44. The number of benzene rings is 3. The molecule has 0 atom stereocenters. The summed E-state index contributed by atoms with van der Waals surface area (Å²) in [7, 11) is 0. The molecule has 3 rings (SSSR count). The number of hydrazone groups is 1.